The van der Waals surface area contributed by atoms with Crippen LogP contribution in [0.15, 0.2) is 54.6 Å². The molecule has 2 amide bonds. The van der Waals surface area contributed by atoms with Crippen molar-refractivity contribution in [3.63, 3.8) is 0 Å². The van der Waals surface area contributed by atoms with Crippen molar-refractivity contribution in [3.8, 4) is 0 Å². The zero-order valence-electron chi connectivity index (χ0n) is 15.6. The SMILES string of the molecule is CC(C)(C)c1ccc(NC(=O)C2CC2C(=O)NCc2ccccc2)cc1. The summed E-state index contributed by atoms with van der Waals surface area (Å²) in [4.78, 5) is 24.6. The van der Waals surface area contributed by atoms with Crippen molar-refractivity contribution in [1.82, 2.24) is 5.32 Å². The lowest BCUT2D eigenvalue weighted by Crippen LogP contribution is -2.27. The highest BCUT2D eigenvalue weighted by Gasteiger charge is 2.47. The van der Waals surface area contributed by atoms with E-state index in [1.165, 1.54) is 5.56 Å². The van der Waals surface area contributed by atoms with Gasteiger partial charge in [0, 0.05) is 12.2 Å². The first-order valence-corrected chi connectivity index (χ1v) is 9.07. The number of hydrogen-bond donors (Lipinski definition) is 2. The van der Waals surface area contributed by atoms with Gasteiger partial charge in [0.25, 0.3) is 0 Å². The first-order valence-electron chi connectivity index (χ1n) is 9.07. The fraction of sp³-hybridized carbons (Fsp3) is 0.364. The van der Waals surface area contributed by atoms with E-state index in [2.05, 4.69) is 31.4 Å². The molecule has 0 aliphatic heterocycles. The molecule has 1 aliphatic carbocycles. The third kappa shape index (κ3) is 4.51. The van der Waals surface area contributed by atoms with Gasteiger partial charge in [-0.25, -0.2) is 0 Å². The van der Waals surface area contributed by atoms with Crippen LogP contribution in [-0.4, -0.2) is 11.8 Å². The average molecular weight is 350 g/mol. The lowest BCUT2D eigenvalue weighted by Gasteiger charge is -2.19. The molecule has 2 aromatic carbocycles. The van der Waals surface area contributed by atoms with Gasteiger partial charge in [0.05, 0.1) is 11.8 Å². The molecule has 0 heterocycles. The van der Waals surface area contributed by atoms with Crippen molar-refractivity contribution >= 4 is 17.5 Å². The summed E-state index contributed by atoms with van der Waals surface area (Å²) in [6.45, 7) is 6.97. The Balaban J connectivity index is 1.48. The molecule has 0 aromatic heterocycles. The quantitative estimate of drug-likeness (QED) is 0.860. The minimum atomic E-state index is -0.229. The summed E-state index contributed by atoms with van der Waals surface area (Å²) in [6.07, 6.45) is 0.618. The maximum Gasteiger partial charge on any atom is 0.228 e. The van der Waals surface area contributed by atoms with Gasteiger partial charge in [-0.3, -0.25) is 9.59 Å². The van der Waals surface area contributed by atoms with Gasteiger partial charge in [-0.05, 0) is 35.1 Å². The third-order valence-electron chi connectivity index (χ3n) is 4.79. The maximum atomic E-state index is 12.4. The second kappa shape index (κ2) is 7.32. The van der Waals surface area contributed by atoms with Crippen LogP contribution in [0.5, 0.6) is 0 Å². The largest absolute Gasteiger partial charge is 0.352 e. The highest BCUT2D eigenvalue weighted by atomic mass is 16.2. The van der Waals surface area contributed by atoms with Gasteiger partial charge in [-0.15, -0.1) is 0 Å². The number of rotatable bonds is 5. The molecule has 0 bridgehead atoms. The lowest BCUT2D eigenvalue weighted by atomic mass is 9.87. The number of amides is 2. The average Bonchev–Trinajstić information content (AvgIpc) is 3.41. The van der Waals surface area contributed by atoms with Crippen molar-refractivity contribution in [2.24, 2.45) is 11.8 Å². The van der Waals surface area contributed by atoms with Crippen molar-refractivity contribution in [3.05, 3.63) is 65.7 Å². The molecule has 0 saturated heterocycles. The van der Waals surface area contributed by atoms with Gasteiger partial charge in [-0.2, -0.15) is 0 Å². The Hall–Kier alpha value is -2.62. The number of carbonyl (C=O) groups is 2. The van der Waals surface area contributed by atoms with Crippen LogP contribution in [0.1, 0.15) is 38.3 Å². The fourth-order valence-corrected chi connectivity index (χ4v) is 2.98. The zero-order chi connectivity index (χ0) is 18.7. The molecule has 4 heteroatoms. The number of nitrogens with one attached hydrogen (secondary N) is 2. The minimum absolute atomic E-state index is 0.0444. The predicted molar refractivity (Wildman–Crippen MR) is 104 cm³/mol. The van der Waals surface area contributed by atoms with E-state index in [1.54, 1.807) is 0 Å². The van der Waals surface area contributed by atoms with Crippen molar-refractivity contribution < 1.29 is 9.59 Å². The molecule has 2 atom stereocenters. The van der Waals surface area contributed by atoms with Crippen molar-refractivity contribution in [1.29, 1.82) is 0 Å². The standard InChI is InChI=1S/C22H26N2O2/c1-22(2,3)16-9-11-17(12-10-16)24-21(26)19-13-18(19)20(25)23-14-15-7-5-4-6-8-15/h4-12,18-19H,13-14H2,1-3H3,(H,23,25)(H,24,26). The summed E-state index contributed by atoms with van der Waals surface area (Å²) in [5.74, 6) is -0.564. The molecule has 3 rings (SSSR count). The van der Waals surface area contributed by atoms with Crippen LogP contribution in [0.4, 0.5) is 5.69 Å². The van der Waals surface area contributed by atoms with E-state index in [1.807, 2.05) is 54.6 Å². The molecule has 1 saturated carbocycles. The Labute approximate surface area is 155 Å². The highest BCUT2D eigenvalue weighted by Crippen LogP contribution is 2.39. The van der Waals surface area contributed by atoms with Crippen LogP contribution in [-0.2, 0) is 21.5 Å². The molecule has 2 aromatic rings. The summed E-state index contributed by atoms with van der Waals surface area (Å²) < 4.78 is 0. The molecule has 1 fully saturated rings. The molecule has 0 radical (unpaired) electrons. The summed E-state index contributed by atoms with van der Waals surface area (Å²) in [5, 5.41) is 5.84. The smallest absolute Gasteiger partial charge is 0.228 e. The Morgan fingerprint density at radius 3 is 2.15 bits per heavy atom. The zero-order valence-corrected chi connectivity index (χ0v) is 15.6. The van der Waals surface area contributed by atoms with E-state index in [9.17, 15) is 9.59 Å². The minimum Gasteiger partial charge on any atom is -0.352 e. The molecule has 2 unspecified atom stereocenters. The van der Waals surface area contributed by atoms with Crippen LogP contribution in [0, 0.1) is 11.8 Å². The number of benzene rings is 2. The molecule has 26 heavy (non-hydrogen) atoms. The van der Waals surface area contributed by atoms with Crippen LogP contribution >= 0.6 is 0 Å². The van der Waals surface area contributed by atoms with E-state index < -0.39 is 0 Å². The molecule has 1 aliphatic rings. The summed E-state index contributed by atoms with van der Waals surface area (Å²) in [7, 11) is 0. The summed E-state index contributed by atoms with van der Waals surface area (Å²) in [6, 6.07) is 17.7. The predicted octanol–water partition coefficient (Wildman–Crippen LogP) is 3.88. The highest BCUT2D eigenvalue weighted by molar-refractivity contribution is 5.99. The number of anilines is 1. The van der Waals surface area contributed by atoms with Gasteiger partial charge >= 0.3 is 0 Å². The van der Waals surface area contributed by atoms with Crippen LogP contribution < -0.4 is 10.6 Å². The first-order chi connectivity index (χ1) is 12.3. The normalized spacial score (nSPS) is 18.9. The Morgan fingerprint density at radius 1 is 0.923 bits per heavy atom. The molecule has 4 nitrogen and oxygen atoms in total. The van der Waals surface area contributed by atoms with Crippen molar-refractivity contribution in [2.45, 2.75) is 39.2 Å². The monoisotopic (exact) mass is 350 g/mol. The summed E-state index contributed by atoms with van der Waals surface area (Å²) in [5.41, 5.74) is 3.14. The molecule has 136 valence electrons. The maximum absolute atomic E-state index is 12.4. The third-order valence-corrected chi connectivity index (χ3v) is 4.79. The molecular weight excluding hydrogens is 324 g/mol. The number of hydrogen-bond acceptors (Lipinski definition) is 2. The molecule has 0 spiro atoms. The second-order valence-corrected chi connectivity index (χ2v) is 7.97. The Bertz CT molecular complexity index is 776. The van der Waals surface area contributed by atoms with E-state index in [0.717, 1.165) is 11.3 Å². The molecular formula is C22H26N2O2. The first kappa shape index (κ1) is 18.2. The van der Waals surface area contributed by atoms with Gasteiger partial charge in [0.1, 0.15) is 0 Å². The Morgan fingerprint density at radius 2 is 1.54 bits per heavy atom. The van der Waals surface area contributed by atoms with E-state index in [0.29, 0.717) is 13.0 Å². The fourth-order valence-electron chi connectivity index (χ4n) is 2.98. The topological polar surface area (TPSA) is 58.2 Å². The summed E-state index contributed by atoms with van der Waals surface area (Å²) >= 11 is 0. The van der Waals surface area contributed by atoms with E-state index in [4.69, 9.17) is 0 Å². The van der Waals surface area contributed by atoms with Crippen LogP contribution in [0.3, 0.4) is 0 Å². The molecule has 2 N–H and O–H groups in total. The van der Waals surface area contributed by atoms with Gasteiger partial charge < -0.3 is 10.6 Å². The Kier molecular flexibility index (Phi) is 5.12. The van der Waals surface area contributed by atoms with E-state index >= 15 is 0 Å². The van der Waals surface area contributed by atoms with E-state index in [-0.39, 0.29) is 29.1 Å². The number of carbonyl (C=O) groups excluding carboxylic acids is 2. The van der Waals surface area contributed by atoms with Gasteiger partial charge in [0.15, 0.2) is 0 Å². The second-order valence-electron chi connectivity index (χ2n) is 7.97. The van der Waals surface area contributed by atoms with Crippen LogP contribution in [0.25, 0.3) is 0 Å². The van der Waals surface area contributed by atoms with Gasteiger partial charge in [-0.1, -0.05) is 63.2 Å². The lowest BCUT2D eigenvalue weighted by molar-refractivity contribution is -0.125. The van der Waals surface area contributed by atoms with Gasteiger partial charge in [0.2, 0.25) is 11.8 Å². The van der Waals surface area contributed by atoms with Crippen LogP contribution in [0.2, 0.25) is 0 Å². The van der Waals surface area contributed by atoms with Crippen molar-refractivity contribution in [2.75, 3.05) is 5.32 Å².